The van der Waals surface area contributed by atoms with Crippen molar-refractivity contribution < 1.29 is 9.53 Å². The molecule has 0 radical (unpaired) electrons. The summed E-state index contributed by atoms with van der Waals surface area (Å²) in [6, 6.07) is 6.23. The maximum absolute atomic E-state index is 13.3. The highest BCUT2D eigenvalue weighted by molar-refractivity contribution is 5.85. The van der Waals surface area contributed by atoms with E-state index < -0.39 is 5.60 Å². The molecule has 0 unspecified atom stereocenters. The van der Waals surface area contributed by atoms with Crippen molar-refractivity contribution in [2.75, 3.05) is 19.6 Å². The Kier molecular flexibility index (Phi) is 5.34. The lowest BCUT2D eigenvalue weighted by Gasteiger charge is -2.32. The molecule has 1 amide bonds. The van der Waals surface area contributed by atoms with Crippen LogP contribution >= 0.6 is 0 Å². The minimum atomic E-state index is -0.931. The van der Waals surface area contributed by atoms with Crippen LogP contribution < -0.4 is 10.1 Å². The standard InChI is InChI=1S/C22H31N5O2/c1-15-7-5-9-18(16(15)2)29-22(3,4)21(28)26-12-10-19-24-25-20(27(19)14-13-26)17-8-6-11-23-17/h5,7,9,17,23H,6,8,10-14H2,1-4H3/t17-/m1/s1. The van der Waals surface area contributed by atoms with Gasteiger partial charge < -0.3 is 19.5 Å². The van der Waals surface area contributed by atoms with E-state index in [1.807, 2.05) is 37.8 Å². The normalized spacial score (nSPS) is 19.7. The van der Waals surface area contributed by atoms with Crippen molar-refractivity contribution in [3.8, 4) is 5.75 Å². The number of amides is 1. The summed E-state index contributed by atoms with van der Waals surface area (Å²) in [6.07, 6.45) is 2.98. The van der Waals surface area contributed by atoms with E-state index in [1.54, 1.807) is 0 Å². The van der Waals surface area contributed by atoms with Crippen LogP contribution in [0.4, 0.5) is 0 Å². The van der Waals surface area contributed by atoms with E-state index in [0.29, 0.717) is 19.5 Å². The van der Waals surface area contributed by atoms with Gasteiger partial charge in [0.25, 0.3) is 5.91 Å². The van der Waals surface area contributed by atoms with Gasteiger partial charge in [0.1, 0.15) is 17.4 Å². The summed E-state index contributed by atoms with van der Waals surface area (Å²) >= 11 is 0. The summed E-state index contributed by atoms with van der Waals surface area (Å²) in [5, 5.41) is 12.3. The Labute approximate surface area is 172 Å². The van der Waals surface area contributed by atoms with Crippen LogP contribution in [0.2, 0.25) is 0 Å². The monoisotopic (exact) mass is 397 g/mol. The number of nitrogens with zero attached hydrogens (tertiary/aromatic N) is 4. The molecule has 1 fully saturated rings. The average molecular weight is 398 g/mol. The average Bonchev–Trinajstić information content (AvgIpc) is 3.30. The van der Waals surface area contributed by atoms with Crippen molar-refractivity contribution in [2.24, 2.45) is 0 Å². The van der Waals surface area contributed by atoms with Gasteiger partial charge in [0.2, 0.25) is 0 Å². The lowest BCUT2D eigenvalue weighted by atomic mass is 10.1. The number of hydrogen-bond acceptors (Lipinski definition) is 5. The molecule has 0 bridgehead atoms. The van der Waals surface area contributed by atoms with Crippen molar-refractivity contribution in [1.82, 2.24) is 25.0 Å². The van der Waals surface area contributed by atoms with E-state index in [9.17, 15) is 4.79 Å². The van der Waals surface area contributed by atoms with Crippen LogP contribution in [0.3, 0.4) is 0 Å². The second kappa shape index (κ2) is 7.78. The van der Waals surface area contributed by atoms with Gasteiger partial charge >= 0.3 is 0 Å². The second-order valence-corrected chi connectivity index (χ2v) is 8.63. The van der Waals surface area contributed by atoms with Gasteiger partial charge in [0.05, 0.1) is 6.04 Å². The van der Waals surface area contributed by atoms with Crippen LogP contribution in [0.25, 0.3) is 0 Å². The molecule has 7 heteroatoms. The van der Waals surface area contributed by atoms with Crippen LogP contribution in [0.15, 0.2) is 18.2 Å². The summed E-state index contributed by atoms with van der Waals surface area (Å²) in [5.41, 5.74) is 1.30. The predicted octanol–water partition coefficient (Wildman–Crippen LogP) is 2.56. The van der Waals surface area contributed by atoms with E-state index in [0.717, 1.165) is 48.0 Å². The summed E-state index contributed by atoms with van der Waals surface area (Å²) < 4.78 is 8.40. The van der Waals surface area contributed by atoms with Gasteiger partial charge in [-0.15, -0.1) is 10.2 Å². The number of rotatable bonds is 4. The molecule has 7 nitrogen and oxygen atoms in total. The summed E-state index contributed by atoms with van der Waals surface area (Å²) in [5.74, 6) is 2.76. The van der Waals surface area contributed by atoms with Crippen LogP contribution in [0, 0.1) is 13.8 Å². The van der Waals surface area contributed by atoms with Gasteiger partial charge in [-0.1, -0.05) is 12.1 Å². The Balaban J connectivity index is 1.47. The number of aromatic nitrogens is 3. The molecule has 1 aromatic heterocycles. The van der Waals surface area contributed by atoms with E-state index >= 15 is 0 Å². The van der Waals surface area contributed by atoms with Crippen LogP contribution in [0.1, 0.15) is 55.5 Å². The van der Waals surface area contributed by atoms with E-state index in [1.165, 1.54) is 6.42 Å². The molecule has 1 saturated heterocycles. The largest absolute Gasteiger partial charge is 0.478 e. The molecule has 1 aromatic carbocycles. The molecule has 2 aromatic rings. The third-order valence-electron chi connectivity index (χ3n) is 6.15. The maximum atomic E-state index is 13.3. The lowest BCUT2D eigenvalue weighted by molar-refractivity contribution is -0.145. The summed E-state index contributed by atoms with van der Waals surface area (Å²) in [4.78, 5) is 15.2. The first-order valence-corrected chi connectivity index (χ1v) is 10.6. The fraction of sp³-hybridized carbons (Fsp3) is 0.591. The topological polar surface area (TPSA) is 72.3 Å². The zero-order chi connectivity index (χ0) is 20.6. The highest BCUT2D eigenvalue weighted by atomic mass is 16.5. The Morgan fingerprint density at radius 3 is 2.79 bits per heavy atom. The van der Waals surface area contributed by atoms with Crippen LogP contribution in [-0.2, 0) is 17.8 Å². The number of benzene rings is 1. The third kappa shape index (κ3) is 3.88. The van der Waals surface area contributed by atoms with Crippen molar-refractivity contribution in [1.29, 1.82) is 0 Å². The molecule has 3 heterocycles. The number of aryl methyl sites for hydroxylation is 1. The van der Waals surface area contributed by atoms with E-state index in [2.05, 4.69) is 33.1 Å². The molecule has 1 N–H and O–H groups in total. The minimum absolute atomic E-state index is 0.0117. The Bertz CT molecular complexity index is 899. The molecule has 2 aliphatic rings. The number of carbonyl (C=O) groups excluding carboxylic acids is 1. The molecule has 29 heavy (non-hydrogen) atoms. The minimum Gasteiger partial charge on any atom is -0.478 e. The first-order chi connectivity index (χ1) is 13.9. The van der Waals surface area contributed by atoms with Crippen LogP contribution in [-0.4, -0.2) is 50.8 Å². The number of nitrogens with one attached hydrogen (secondary N) is 1. The fourth-order valence-corrected chi connectivity index (χ4v) is 4.25. The molecular weight excluding hydrogens is 366 g/mol. The first-order valence-electron chi connectivity index (χ1n) is 10.6. The highest BCUT2D eigenvalue weighted by Crippen LogP contribution is 2.27. The van der Waals surface area contributed by atoms with Gasteiger partial charge in [0, 0.05) is 26.1 Å². The quantitative estimate of drug-likeness (QED) is 0.858. The van der Waals surface area contributed by atoms with Gasteiger partial charge in [-0.05, 0) is 64.3 Å². The second-order valence-electron chi connectivity index (χ2n) is 8.63. The lowest BCUT2D eigenvalue weighted by Crippen LogP contribution is -2.50. The molecular formula is C22H31N5O2. The van der Waals surface area contributed by atoms with Crippen molar-refractivity contribution >= 4 is 5.91 Å². The summed E-state index contributed by atoms with van der Waals surface area (Å²) in [7, 11) is 0. The highest BCUT2D eigenvalue weighted by Gasteiger charge is 2.36. The maximum Gasteiger partial charge on any atom is 0.266 e. The van der Waals surface area contributed by atoms with Gasteiger partial charge in [-0.3, -0.25) is 4.79 Å². The molecule has 2 aliphatic heterocycles. The molecule has 4 rings (SSSR count). The number of carbonyl (C=O) groups is 1. The first kappa shape index (κ1) is 19.9. The van der Waals surface area contributed by atoms with Crippen molar-refractivity contribution in [3.05, 3.63) is 41.0 Å². The zero-order valence-electron chi connectivity index (χ0n) is 17.9. The van der Waals surface area contributed by atoms with Gasteiger partial charge in [0.15, 0.2) is 5.60 Å². The molecule has 0 spiro atoms. The number of hydrogen-bond donors (Lipinski definition) is 1. The van der Waals surface area contributed by atoms with Crippen molar-refractivity contribution in [2.45, 2.75) is 65.1 Å². The smallest absolute Gasteiger partial charge is 0.266 e. The number of fused-ring (bicyclic) bond motifs is 1. The Hall–Kier alpha value is -2.41. The zero-order valence-corrected chi connectivity index (χ0v) is 17.9. The molecule has 1 atom stereocenters. The van der Waals surface area contributed by atoms with Gasteiger partial charge in [-0.2, -0.15) is 0 Å². The van der Waals surface area contributed by atoms with Crippen LogP contribution in [0.5, 0.6) is 5.75 Å². The number of ether oxygens (including phenoxy) is 1. The molecule has 156 valence electrons. The third-order valence-corrected chi connectivity index (χ3v) is 6.15. The SMILES string of the molecule is Cc1cccc(OC(C)(C)C(=O)N2CCc3nnc([C@H]4CCCN4)n3CC2)c1C. The van der Waals surface area contributed by atoms with Crippen molar-refractivity contribution in [3.63, 3.8) is 0 Å². The Morgan fingerprint density at radius 1 is 1.21 bits per heavy atom. The predicted molar refractivity (Wildman–Crippen MR) is 111 cm³/mol. The van der Waals surface area contributed by atoms with E-state index in [4.69, 9.17) is 4.74 Å². The van der Waals surface area contributed by atoms with Gasteiger partial charge in [-0.25, -0.2) is 0 Å². The van der Waals surface area contributed by atoms with E-state index in [-0.39, 0.29) is 11.9 Å². The molecule has 0 aliphatic carbocycles. The summed E-state index contributed by atoms with van der Waals surface area (Å²) in [6.45, 7) is 10.8. The fourth-order valence-electron chi connectivity index (χ4n) is 4.25. The Morgan fingerprint density at radius 2 is 2.03 bits per heavy atom. The molecule has 0 saturated carbocycles.